The first-order valence-electron chi connectivity index (χ1n) is 7.19. The van der Waals surface area contributed by atoms with Crippen LogP contribution in [0.4, 0.5) is 14.9 Å². The van der Waals surface area contributed by atoms with E-state index in [9.17, 15) is 14.0 Å². The van der Waals surface area contributed by atoms with E-state index in [-0.39, 0.29) is 30.3 Å². The molecule has 1 saturated heterocycles. The fraction of sp³-hybridized carbons (Fsp3) is 0.467. The maximum atomic E-state index is 13.5. The number of ether oxygens (including phenoxy) is 1. The summed E-state index contributed by atoms with van der Waals surface area (Å²) in [7, 11) is 1.47. The van der Waals surface area contributed by atoms with Crippen molar-refractivity contribution in [3.8, 4) is 0 Å². The number of likely N-dealkylation sites (tertiary alicyclic amines) is 1. The number of halogens is 1. The number of urea groups is 1. The predicted molar refractivity (Wildman–Crippen MR) is 80.0 cm³/mol. The van der Waals surface area contributed by atoms with Gasteiger partial charge in [-0.15, -0.1) is 0 Å². The number of methoxy groups -OCH3 is 1. The van der Waals surface area contributed by atoms with Crippen molar-refractivity contribution in [1.29, 1.82) is 0 Å². The van der Waals surface area contributed by atoms with E-state index in [1.54, 1.807) is 17.0 Å². The van der Waals surface area contributed by atoms with Crippen molar-refractivity contribution in [2.24, 2.45) is 0 Å². The van der Waals surface area contributed by atoms with Crippen LogP contribution in [0.25, 0.3) is 0 Å². The van der Waals surface area contributed by atoms with E-state index in [1.807, 2.05) is 0 Å². The van der Waals surface area contributed by atoms with Crippen molar-refractivity contribution in [1.82, 2.24) is 10.2 Å². The molecule has 0 aromatic heterocycles. The average molecular weight is 309 g/mol. The van der Waals surface area contributed by atoms with Crippen molar-refractivity contribution in [2.45, 2.75) is 18.9 Å². The van der Waals surface area contributed by atoms with Crippen LogP contribution in [0.3, 0.4) is 0 Å². The topological polar surface area (TPSA) is 70.7 Å². The van der Waals surface area contributed by atoms with Crippen molar-refractivity contribution >= 4 is 17.6 Å². The van der Waals surface area contributed by atoms with Crippen molar-refractivity contribution in [3.63, 3.8) is 0 Å². The molecule has 0 spiro atoms. The molecule has 1 heterocycles. The number of nitrogens with one attached hydrogen (secondary N) is 2. The van der Waals surface area contributed by atoms with Crippen molar-refractivity contribution in [2.75, 3.05) is 32.1 Å². The molecular weight excluding hydrogens is 289 g/mol. The molecular formula is C15H20FN3O3. The standard InChI is InChI=1S/C15H20FN3O3/c1-22-10-14(20)17-11-6-8-19(9-7-11)15(21)18-13-5-3-2-4-12(13)16/h2-5,11H,6-10H2,1H3,(H,17,20)(H,18,21). The van der Waals surface area contributed by atoms with Crippen molar-refractivity contribution in [3.05, 3.63) is 30.1 Å². The van der Waals surface area contributed by atoms with Gasteiger partial charge in [-0.05, 0) is 25.0 Å². The molecule has 7 heteroatoms. The molecule has 0 unspecified atom stereocenters. The minimum absolute atomic E-state index is 0.0357. The van der Waals surface area contributed by atoms with Crippen LogP contribution in [-0.2, 0) is 9.53 Å². The summed E-state index contributed by atoms with van der Waals surface area (Å²) < 4.78 is 18.3. The molecule has 0 atom stereocenters. The third-order valence-corrected chi connectivity index (χ3v) is 3.54. The Morgan fingerprint density at radius 1 is 1.32 bits per heavy atom. The molecule has 1 aliphatic rings. The lowest BCUT2D eigenvalue weighted by Crippen LogP contribution is -2.48. The minimum atomic E-state index is -0.461. The largest absolute Gasteiger partial charge is 0.375 e. The van der Waals surface area contributed by atoms with Gasteiger partial charge in [0.1, 0.15) is 12.4 Å². The number of carbonyl (C=O) groups is 2. The quantitative estimate of drug-likeness (QED) is 0.887. The van der Waals surface area contributed by atoms with Crippen LogP contribution in [0.2, 0.25) is 0 Å². The first kappa shape index (κ1) is 16.2. The summed E-state index contributed by atoms with van der Waals surface area (Å²) in [6, 6.07) is 5.76. The monoisotopic (exact) mass is 309 g/mol. The number of amides is 3. The summed E-state index contributed by atoms with van der Waals surface area (Å²) >= 11 is 0. The van der Waals surface area contributed by atoms with Crippen LogP contribution in [-0.4, -0.2) is 49.7 Å². The molecule has 0 bridgehead atoms. The van der Waals surface area contributed by atoms with Gasteiger partial charge >= 0.3 is 6.03 Å². The maximum absolute atomic E-state index is 13.5. The van der Waals surface area contributed by atoms with Gasteiger partial charge in [-0.2, -0.15) is 0 Å². The average Bonchev–Trinajstić information content (AvgIpc) is 2.50. The van der Waals surface area contributed by atoms with E-state index in [0.717, 1.165) is 0 Å². The van der Waals surface area contributed by atoms with Crippen LogP contribution >= 0.6 is 0 Å². The molecule has 1 aliphatic heterocycles. The van der Waals surface area contributed by atoms with Crippen LogP contribution < -0.4 is 10.6 Å². The SMILES string of the molecule is COCC(=O)NC1CCN(C(=O)Nc2ccccc2F)CC1. The highest BCUT2D eigenvalue weighted by Crippen LogP contribution is 2.15. The first-order chi connectivity index (χ1) is 10.6. The van der Waals surface area contributed by atoms with Gasteiger partial charge in [0.2, 0.25) is 5.91 Å². The Kier molecular flexibility index (Phi) is 5.71. The van der Waals surface area contributed by atoms with Gasteiger partial charge < -0.3 is 20.3 Å². The van der Waals surface area contributed by atoms with E-state index in [4.69, 9.17) is 4.74 Å². The Labute approximate surface area is 128 Å². The summed E-state index contributed by atoms with van der Waals surface area (Å²) in [5.74, 6) is -0.616. The van der Waals surface area contributed by atoms with E-state index < -0.39 is 5.82 Å². The number of benzene rings is 1. The Hall–Kier alpha value is -2.15. The second-order valence-corrected chi connectivity index (χ2v) is 5.17. The van der Waals surface area contributed by atoms with Gasteiger partial charge in [0, 0.05) is 26.2 Å². The van der Waals surface area contributed by atoms with Gasteiger partial charge in [-0.1, -0.05) is 12.1 Å². The predicted octanol–water partition coefficient (Wildman–Crippen LogP) is 1.58. The summed E-state index contributed by atoms with van der Waals surface area (Å²) in [5.41, 5.74) is 0.169. The van der Waals surface area contributed by atoms with Gasteiger partial charge in [0.25, 0.3) is 0 Å². The van der Waals surface area contributed by atoms with Gasteiger partial charge in [-0.25, -0.2) is 9.18 Å². The number of carbonyl (C=O) groups excluding carboxylic acids is 2. The first-order valence-corrected chi connectivity index (χ1v) is 7.19. The van der Waals surface area contributed by atoms with E-state index in [0.29, 0.717) is 25.9 Å². The van der Waals surface area contributed by atoms with E-state index in [1.165, 1.54) is 19.2 Å². The third kappa shape index (κ3) is 4.42. The molecule has 0 radical (unpaired) electrons. The van der Waals surface area contributed by atoms with Gasteiger partial charge in [-0.3, -0.25) is 4.79 Å². The smallest absolute Gasteiger partial charge is 0.321 e. The third-order valence-electron chi connectivity index (χ3n) is 3.54. The zero-order valence-electron chi connectivity index (χ0n) is 12.5. The summed E-state index contributed by atoms with van der Waals surface area (Å²) in [4.78, 5) is 25.1. The second kappa shape index (κ2) is 7.74. The molecule has 2 rings (SSSR count). The highest BCUT2D eigenvalue weighted by Gasteiger charge is 2.24. The van der Waals surface area contributed by atoms with Crippen LogP contribution in [0.15, 0.2) is 24.3 Å². The molecule has 6 nitrogen and oxygen atoms in total. The number of rotatable bonds is 4. The molecule has 120 valence electrons. The fourth-order valence-corrected chi connectivity index (χ4v) is 2.38. The molecule has 3 amide bonds. The molecule has 1 fully saturated rings. The highest BCUT2D eigenvalue weighted by atomic mass is 19.1. The van der Waals surface area contributed by atoms with Crippen LogP contribution in [0.5, 0.6) is 0 Å². The van der Waals surface area contributed by atoms with Crippen LogP contribution in [0, 0.1) is 5.82 Å². The second-order valence-electron chi connectivity index (χ2n) is 5.17. The Morgan fingerprint density at radius 3 is 2.64 bits per heavy atom. The van der Waals surface area contributed by atoms with Crippen LogP contribution in [0.1, 0.15) is 12.8 Å². The Bertz CT molecular complexity index is 531. The van der Waals surface area contributed by atoms with Gasteiger partial charge in [0.15, 0.2) is 0 Å². The number of nitrogens with zero attached hydrogens (tertiary/aromatic N) is 1. The van der Waals surface area contributed by atoms with E-state index in [2.05, 4.69) is 10.6 Å². The number of hydrogen-bond acceptors (Lipinski definition) is 3. The summed E-state index contributed by atoms with van der Waals surface area (Å²) in [6.07, 6.45) is 1.33. The molecule has 1 aromatic carbocycles. The molecule has 2 N–H and O–H groups in total. The highest BCUT2D eigenvalue weighted by molar-refractivity contribution is 5.89. The lowest BCUT2D eigenvalue weighted by atomic mass is 10.1. The molecule has 1 aromatic rings. The van der Waals surface area contributed by atoms with Gasteiger partial charge in [0.05, 0.1) is 5.69 Å². The normalized spacial score (nSPS) is 15.5. The lowest BCUT2D eigenvalue weighted by molar-refractivity contribution is -0.125. The summed E-state index contributed by atoms with van der Waals surface area (Å²) in [5, 5.41) is 5.42. The number of hydrogen-bond donors (Lipinski definition) is 2. The molecule has 0 aliphatic carbocycles. The molecule has 0 saturated carbocycles. The number of anilines is 1. The Morgan fingerprint density at radius 2 is 2.00 bits per heavy atom. The maximum Gasteiger partial charge on any atom is 0.321 e. The number of para-hydroxylation sites is 1. The number of piperidine rings is 1. The zero-order chi connectivity index (χ0) is 15.9. The fourth-order valence-electron chi connectivity index (χ4n) is 2.38. The zero-order valence-corrected chi connectivity index (χ0v) is 12.5. The van der Waals surface area contributed by atoms with Crippen molar-refractivity contribution < 1.29 is 18.7 Å². The summed E-state index contributed by atoms with van der Waals surface area (Å²) in [6.45, 7) is 1.06. The molecule has 22 heavy (non-hydrogen) atoms. The lowest BCUT2D eigenvalue weighted by Gasteiger charge is -2.32. The Balaban J connectivity index is 1.80. The minimum Gasteiger partial charge on any atom is -0.375 e. The van der Waals surface area contributed by atoms with E-state index >= 15 is 0 Å².